The summed E-state index contributed by atoms with van der Waals surface area (Å²) in [5, 5.41) is 8.08. The van der Waals surface area contributed by atoms with E-state index in [1.165, 1.54) is 0 Å². The second kappa shape index (κ2) is 4.37. The second-order valence-corrected chi connectivity index (χ2v) is 5.76. The van der Waals surface area contributed by atoms with Crippen molar-refractivity contribution in [3.05, 3.63) is 28.3 Å². The van der Waals surface area contributed by atoms with Gasteiger partial charge >= 0.3 is 6.18 Å². The maximum absolute atomic E-state index is 12.5. The topological polar surface area (TPSA) is 57.9 Å². The Bertz CT molecular complexity index is 604. The Morgan fingerprint density at radius 2 is 1.82 bits per heavy atom. The van der Waals surface area contributed by atoms with Crippen molar-refractivity contribution in [3.63, 3.8) is 0 Å². The molecule has 1 aromatic rings. The van der Waals surface area contributed by atoms with Gasteiger partial charge in [-0.1, -0.05) is 11.6 Å². The van der Waals surface area contributed by atoms with Crippen molar-refractivity contribution in [2.24, 2.45) is 0 Å². The minimum Gasteiger partial charge on any atom is -0.207 e. The summed E-state index contributed by atoms with van der Waals surface area (Å²) in [4.78, 5) is -1.03. The van der Waals surface area contributed by atoms with Crippen molar-refractivity contribution in [3.8, 4) is 6.07 Å². The van der Waals surface area contributed by atoms with Gasteiger partial charge in [-0.3, -0.25) is 0 Å². The monoisotopic (exact) mass is 303 g/mol. The first-order valence-corrected chi connectivity index (χ1v) is 6.52. The highest BCUT2D eigenvalue weighted by Gasteiger charge is 2.37. The van der Waals surface area contributed by atoms with Crippen molar-refractivity contribution < 1.29 is 21.6 Å². The SMILES string of the molecule is N#Cc1c(C(F)(F)F)ccc(Cl)c1S(=O)(=O)Cl. The molecule has 3 nitrogen and oxygen atoms in total. The molecule has 1 rings (SSSR count). The molecule has 1 aromatic carbocycles. The Morgan fingerprint density at radius 1 is 1.29 bits per heavy atom. The second-order valence-electron chi connectivity index (χ2n) is 2.85. The summed E-state index contributed by atoms with van der Waals surface area (Å²) in [7, 11) is 0.398. The summed E-state index contributed by atoms with van der Waals surface area (Å²) in [5.74, 6) is 0. The van der Waals surface area contributed by atoms with Gasteiger partial charge in [0.25, 0.3) is 9.05 Å². The molecule has 0 saturated heterocycles. The summed E-state index contributed by atoms with van der Waals surface area (Å²) in [6, 6.07) is 2.39. The van der Waals surface area contributed by atoms with E-state index >= 15 is 0 Å². The molecule has 0 aliphatic heterocycles. The quantitative estimate of drug-likeness (QED) is 0.749. The van der Waals surface area contributed by atoms with Crippen LogP contribution in [0.3, 0.4) is 0 Å². The van der Waals surface area contributed by atoms with Crippen molar-refractivity contribution in [2.45, 2.75) is 11.1 Å². The lowest BCUT2D eigenvalue weighted by atomic mass is 10.1. The lowest BCUT2D eigenvalue weighted by Gasteiger charge is -2.11. The predicted octanol–water partition coefficient (Wildman–Crippen LogP) is 3.16. The molecule has 0 bridgehead atoms. The van der Waals surface area contributed by atoms with Gasteiger partial charge in [-0.2, -0.15) is 18.4 Å². The fourth-order valence-corrected chi connectivity index (χ4v) is 2.90. The van der Waals surface area contributed by atoms with E-state index in [9.17, 15) is 21.6 Å². The number of benzene rings is 1. The molecule has 0 fully saturated rings. The zero-order valence-corrected chi connectivity index (χ0v) is 10.0. The zero-order valence-electron chi connectivity index (χ0n) is 7.72. The average molecular weight is 304 g/mol. The maximum atomic E-state index is 12.5. The molecule has 0 atom stereocenters. The maximum Gasteiger partial charge on any atom is 0.417 e. The standard InChI is InChI=1S/C8H2Cl2F3NO2S/c9-6-2-1-5(8(11,12)13)4(3-14)7(6)17(10,15)16/h1-2H. The molecule has 0 aliphatic rings. The number of hydrogen-bond donors (Lipinski definition) is 0. The van der Waals surface area contributed by atoms with E-state index in [0.717, 1.165) is 12.1 Å². The summed E-state index contributed by atoms with van der Waals surface area (Å²) in [6.07, 6.45) is -4.87. The molecule has 0 radical (unpaired) electrons. The molecule has 0 unspecified atom stereocenters. The molecule has 0 N–H and O–H groups in total. The van der Waals surface area contributed by atoms with Crippen LogP contribution >= 0.6 is 22.3 Å². The molecule has 92 valence electrons. The number of hydrogen-bond acceptors (Lipinski definition) is 3. The van der Waals surface area contributed by atoms with Gasteiger partial charge in [0.15, 0.2) is 0 Å². The fraction of sp³-hybridized carbons (Fsp3) is 0.125. The zero-order chi connectivity index (χ0) is 13.4. The number of nitriles is 1. The van der Waals surface area contributed by atoms with Gasteiger partial charge in [-0.25, -0.2) is 8.42 Å². The molecule has 0 aliphatic carbocycles. The molecule has 0 heterocycles. The number of nitrogens with zero attached hydrogens (tertiary/aromatic N) is 1. The first-order valence-electron chi connectivity index (χ1n) is 3.83. The average Bonchev–Trinajstić information content (AvgIpc) is 2.12. The van der Waals surface area contributed by atoms with Crippen LogP contribution in [0.2, 0.25) is 5.02 Å². The van der Waals surface area contributed by atoms with Gasteiger partial charge in [0.1, 0.15) is 11.0 Å². The highest BCUT2D eigenvalue weighted by Crippen LogP contribution is 2.38. The Morgan fingerprint density at radius 3 is 2.18 bits per heavy atom. The van der Waals surface area contributed by atoms with Gasteiger partial charge in [-0.15, -0.1) is 0 Å². The minimum atomic E-state index is -4.87. The summed E-state index contributed by atoms with van der Waals surface area (Å²) in [5.41, 5.74) is -2.51. The Kier molecular flexibility index (Phi) is 3.62. The highest BCUT2D eigenvalue weighted by molar-refractivity contribution is 8.13. The third-order valence-electron chi connectivity index (χ3n) is 1.77. The van der Waals surface area contributed by atoms with Gasteiger partial charge in [0, 0.05) is 10.7 Å². The number of halogens is 5. The normalized spacial score (nSPS) is 12.2. The Balaban J connectivity index is 3.80. The van der Waals surface area contributed by atoms with Crippen LogP contribution in [0, 0.1) is 11.3 Å². The van der Waals surface area contributed by atoms with Crippen molar-refractivity contribution in [2.75, 3.05) is 0 Å². The van der Waals surface area contributed by atoms with Crippen molar-refractivity contribution in [1.82, 2.24) is 0 Å². The number of rotatable bonds is 1. The van der Waals surface area contributed by atoms with E-state index in [4.69, 9.17) is 27.5 Å². The first kappa shape index (κ1) is 14.1. The third kappa shape index (κ3) is 2.83. The van der Waals surface area contributed by atoms with Crippen LogP contribution in [-0.4, -0.2) is 8.42 Å². The smallest absolute Gasteiger partial charge is 0.207 e. The van der Waals surface area contributed by atoms with Crippen LogP contribution < -0.4 is 0 Å². The van der Waals surface area contributed by atoms with Crippen LogP contribution in [0.1, 0.15) is 11.1 Å². The molecular weight excluding hydrogens is 302 g/mol. The van der Waals surface area contributed by atoms with E-state index in [1.807, 2.05) is 0 Å². The Labute approximate surface area is 104 Å². The van der Waals surface area contributed by atoms with Gasteiger partial charge in [-0.05, 0) is 12.1 Å². The summed E-state index contributed by atoms with van der Waals surface area (Å²) >= 11 is 5.43. The van der Waals surface area contributed by atoms with Crippen LogP contribution in [0.25, 0.3) is 0 Å². The van der Waals surface area contributed by atoms with E-state index < -0.39 is 36.3 Å². The lowest BCUT2D eigenvalue weighted by molar-refractivity contribution is -0.137. The fourth-order valence-electron chi connectivity index (χ4n) is 1.14. The molecular formula is C8H2Cl2F3NO2S. The summed E-state index contributed by atoms with van der Waals surface area (Å²) in [6.45, 7) is 0. The van der Waals surface area contributed by atoms with E-state index in [0.29, 0.717) is 6.07 Å². The van der Waals surface area contributed by atoms with Gasteiger partial charge < -0.3 is 0 Å². The third-order valence-corrected chi connectivity index (χ3v) is 3.57. The van der Waals surface area contributed by atoms with Crippen molar-refractivity contribution >= 4 is 31.3 Å². The van der Waals surface area contributed by atoms with Crippen LogP contribution in [-0.2, 0) is 15.2 Å². The minimum absolute atomic E-state index is 0.520. The molecule has 17 heavy (non-hydrogen) atoms. The predicted molar refractivity (Wildman–Crippen MR) is 54.2 cm³/mol. The molecule has 0 amide bonds. The molecule has 9 heteroatoms. The van der Waals surface area contributed by atoms with Crippen LogP contribution in [0.15, 0.2) is 17.0 Å². The summed E-state index contributed by atoms with van der Waals surface area (Å²) < 4.78 is 59.7. The Hall–Kier alpha value is -0.970. The van der Waals surface area contributed by atoms with E-state index in [-0.39, 0.29) is 0 Å². The molecule has 0 saturated carbocycles. The lowest BCUT2D eigenvalue weighted by Crippen LogP contribution is -2.11. The van der Waals surface area contributed by atoms with E-state index in [2.05, 4.69) is 0 Å². The molecule has 0 aromatic heterocycles. The molecule has 0 spiro atoms. The van der Waals surface area contributed by atoms with Crippen LogP contribution in [0.5, 0.6) is 0 Å². The van der Waals surface area contributed by atoms with Gasteiger partial charge in [0.05, 0.1) is 16.1 Å². The van der Waals surface area contributed by atoms with E-state index in [1.54, 1.807) is 0 Å². The largest absolute Gasteiger partial charge is 0.417 e. The van der Waals surface area contributed by atoms with Gasteiger partial charge in [0.2, 0.25) is 0 Å². The highest BCUT2D eigenvalue weighted by atomic mass is 35.7. The van der Waals surface area contributed by atoms with Crippen LogP contribution in [0.4, 0.5) is 13.2 Å². The number of alkyl halides is 3. The first-order chi connectivity index (χ1) is 7.59. The van der Waals surface area contributed by atoms with Crippen molar-refractivity contribution in [1.29, 1.82) is 5.26 Å².